The summed E-state index contributed by atoms with van der Waals surface area (Å²) in [5.41, 5.74) is 0. The van der Waals surface area contributed by atoms with Crippen LogP contribution in [-0.4, -0.2) is 48.6 Å². The first-order chi connectivity index (χ1) is 4.33. The van der Waals surface area contributed by atoms with Gasteiger partial charge in [-0.25, -0.2) is 0 Å². The van der Waals surface area contributed by atoms with Crippen LogP contribution in [0.15, 0.2) is 0 Å². The molecule has 2 heteroatoms. The van der Waals surface area contributed by atoms with Crippen molar-refractivity contribution in [3.8, 4) is 0 Å². The molecule has 2 fully saturated rings. The third-order valence-electron chi connectivity index (χ3n) is 2.78. The Kier molecular flexibility index (Phi) is 1.08. The van der Waals surface area contributed by atoms with Crippen LogP contribution in [0.1, 0.15) is 6.92 Å². The molecular formula is C7H14N2. The summed E-state index contributed by atoms with van der Waals surface area (Å²) in [5.74, 6) is 0. The van der Waals surface area contributed by atoms with Crippen molar-refractivity contribution in [2.45, 2.75) is 19.0 Å². The summed E-state index contributed by atoms with van der Waals surface area (Å²) < 4.78 is 0. The predicted molar refractivity (Wildman–Crippen MR) is 37.5 cm³/mol. The highest BCUT2D eigenvalue weighted by Crippen LogP contribution is 2.30. The Morgan fingerprint density at radius 1 is 1.33 bits per heavy atom. The fraction of sp³-hybridized carbons (Fsp3) is 1.00. The van der Waals surface area contributed by atoms with Gasteiger partial charge in [0, 0.05) is 25.2 Å². The van der Waals surface area contributed by atoms with Crippen LogP contribution in [0, 0.1) is 0 Å². The quantitative estimate of drug-likeness (QED) is 0.488. The smallest absolute Gasteiger partial charge is 0.0391 e. The molecule has 52 valence electrons. The van der Waals surface area contributed by atoms with Gasteiger partial charge in [-0.1, -0.05) is 6.92 Å². The zero-order valence-corrected chi connectivity index (χ0v) is 6.17. The highest BCUT2D eigenvalue weighted by Gasteiger charge is 2.48. The fourth-order valence-electron chi connectivity index (χ4n) is 1.93. The number of piperazine rings is 1. The van der Waals surface area contributed by atoms with Crippen molar-refractivity contribution in [1.29, 1.82) is 0 Å². The first kappa shape index (κ1) is 5.69. The molecule has 0 saturated carbocycles. The summed E-state index contributed by atoms with van der Waals surface area (Å²) in [5, 5.41) is 0. The summed E-state index contributed by atoms with van der Waals surface area (Å²) in [4.78, 5) is 4.99. The van der Waals surface area contributed by atoms with Gasteiger partial charge < -0.3 is 0 Å². The maximum atomic E-state index is 2.55. The Bertz CT molecular complexity index is 120. The van der Waals surface area contributed by atoms with Crippen molar-refractivity contribution >= 4 is 0 Å². The van der Waals surface area contributed by atoms with Crippen LogP contribution in [0.5, 0.6) is 0 Å². The molecule has 2 heterocycles. The Hall–Kier alpha value is -0.0800. The standard InChI is InChI=1S/C7H14N2/c1-3-9-5-6-7(9)4-8(6)2/h6-7H,3-5H2,1-2H3/t6-,7?/m0/s1. The first-order valence-corrected chi connectivity index (χ1v) is 3.77. The highest BCUT2D eigenvalue weighted by molar-refractivity contribution is 5.06. The third kappa shape index (κ3) is 0.578. The maximum Gasteiger partial charge on any atom is 0.0391 e. The molecule has 2 saturated heterocycles. The van der Waals surface area contributed by atoms with Crippen molar-refractivity contribution in [1.82, 2.24) is 9.80 Å². The van der Waals surface area contributed by atoms with Gasteiger partial charge in [0.15, 0.2) is 0 Å². The van der Waals surface area contributed by atoms with Crippen LogP contribution in [0.4, 0.5) is 0 Å². The van der Waals surface area contributed by atoms with Crippen molar-refractivity contribution < 1.29 is 0 Å². The lowest BCUT2D eigenvalue weighted by Gasteiger charge is -2.61. The van der Waals surface area contributed by atoms with E-state index in [0.717, 1.165) is 12.1 Å². The minimum atomic E-state index is 0.921. The van der Waals surface area contributed by atoms with E-state index in [4.69, 9.17) is 0 Å². The Morgan fingerprint density at radius 2 is 2.11 bits per heavy atom. The SMILES string of the molecule is CCN1C[C@H]2C1CN2C. The molecule has 0 aromatic heterocycles. The first-order valence-electron chi connectivity index (χ1n) is 3.77. The van der Waals surface area contributed by atoms with Crippen molar-refractivity contribution in [3.05, 3.63) is 0 Å². The van der Waals surface area contributed by atoms with E-state index < -0.39 is 0 Å². The molecule has 2 aliphatic rings. The minimum Gasteiger partial charge on any atom is -0.299 e. The average molecular weight is 126 g/mol. The number of hydrogen-bond acceptors (Lipinski definition) is 2. The fourth-order valence-corrected chi connectivity index (χ4v) is 1.93. The molecule has 0 spiro atoms. The van der Waals surface area contributed by atoms with Crippen LogP contribution < -0.4 is 0 Å². The number of hydrogen-bond donors (Lipinski definition) is 0. The largest absolute Gasteiger partial charge is 0.299 e. The van der Waals surface area contributed by atoms with Crippen molar-refractivity contribution in [2.75, 3.05) is 26.7 Å². The van der Waals surface area contributed by atoms with Crippen LogP contribution >= 0.6 is 0 Å². The second kappa shape index (κ2) is 1.70. The normalized spacial score (nSPS) is 43.3. The molecule has 0 aromatic carbocycles. The summed E-state index contributed by atoms with van der Waals surface area (Å²) in [6.07, 6.45) is 0. The van der Waals surface area contributed by atoms with Crippen molar-refractivity contribution in [3.63, 3.8) is 0 Å². The van der Waals surface area contributed by atoms with Gasteiger partial charge in [-0.05, 0) is 13.6 Å². The van der Waals surface area contributed by atoms with E-state index in [0.29, 0.717) is 0 Å². The molecule has 0 bridgehead atoms. The Labute approximate surface area is 56.4 Å². The van der Waals surface area contributed by atoms with Gasteiger partial charge in [0.05, 0.1) is 0 Å². The number of nitrogens with zero attached hydrogens (tertiary/aromatic N) is 2. The Balaban J connectivity index is 1.88. The lowest BCUT2D eigenvalue weighted by Crippen LogP contribution is -2.77. The van der Waals surface area contributed by atoms with E-state index in [1.165, 1.54) is 19.6 Å². The van der Waals surface area contributed by atoms with Gasteiger partial charge in [0.2, 0.25) is 0 Å². The summed E-state index contributed by atoms with van der Waals surface area (Å²) in [6.45, 7) is 6.11. The number of fused-ring (bicyclic) bond motifs is 1. The van der Waals surface area contributed by atoms with Gasteiger partial charge in [0.1, 0.15) is 0 Å². The molecule has 0 aliphatic carbocycles. The predicted octanol–water partition coefficient (Wildman–Crippen LogP) is 0.00450. The average Bonchev–Trinajstić information content (AvgIpc) is 1.83. The van der Waals surface area contributed by atoms with Crippen LogP contribution in [0.3, 0.4) is 0 Å². The minimum absolute atomic E-state index is 0.921. The van der Waals surface area contributed by atoms with E-state index >= 15 is 0 Å². The number of likely N-dealkylation sites (N-methyl/N-ethyl adjacent to an activating group) is 2. The monoisotopic (exact) mass is 126 g/mol. The molecule has 0 N–H and O–H groups in total. The second-order valence-corrected chi connectivity index (χ2v) is 3.16. The van der Waals surface area contributed by atoms with E-state index in [1.54, 1.807) is 0 Å². The van der Waals surface area contributed by atoms with E-state index in [2.05, 4.69) is 23.8 Å². The Morgan fingerprint density at radius 3 is 2.44 bits per heavy atom. The zero-order valence-electron chi connectivity index (χ0n) is 6.17. The molecule has 9 heavy (non-hydrogen) atoms. The topological polar surface area (TPSA) is 6.48 Å². The lowest BCUT2D eigenvalue weighted by molar-refractivity contribution is -0.108. The number of likely N-dealkylation sites (tertiary alicyclic amines) is 2. The highest BCUT2D eigenvalue weighted by atomic mass is 15.4. The summed E-state index contributed by atoms with van der Waals surface area (Å²) >= 11 is 0. The molecule has 0 aromatic rings. The zero-order chi connectivity index (χ0) is 6.43. The molecule has 0 amide bonds. The lowest BCUT2D eigenvalue weighted by atomic mass is 9.86. The van der Waals surface area contributed by atoms with Crippen LogP contribution in [0.2, 0.25) is 0 Å². The maximum absolute atomic E-state index is 2.55. The van der Waals surface area contributed by atoms with Gasteiger partial charge in [-0.15, -0.1) is 0 Å². The molecule has 2 rings (SSSR count). The number of rotatable bonds is 1. The van der Waals surface area contributed by atoms with Crippen LogP contribution in [-0.2, 0) is 0 Å². The van der Waals surface area contributed by atoms with E-state index in [1.807, 2.05) is 0 Å². The molecule has 0 radical (unpaired) electrons. The molecule has 1 unspecified atom stereocenters. The van der Waals surface area contributed by atoms with E-state index in [-0.39, 0.29) is 0 Å². The van der Waals surface area contributed by atoms with Gasteiger partial charge in [-0.2, -0.15) is 0 Å². The van der Waals surface area contributed by atoms with Crippen molar-refractivity contribution in [2.24, 2.45) is 0 Å². The van der Waals surface area contributed by atoms with E-state index in [9.17, 15) is 0 Å². The van der Waals surface area contributed by atoms with Gasteiger partial charge in [-0.3, -0.25) is 9.80 Å². The third-order valence-corrected chi connectivity index (χ3v) is 2.78. The second-order valence-electron chi connectivity index (χ2n) is 3.16. The molecule has 2 atom stereocenters. The van der Waals surface area contributed by atoms with Gasteiger partial charge >= 0.3 is 0 Å². The van der Waals surface area contributed by atoms with Crippen LogP contribution in [0.25, 0.3) is 0 Å². The molecule has 2 nitrogen and oxygen atoms in total. The summed E-state index contributed by atoms with van der Waals surface area (Å²) in [6, 6.07) is 1.85. The van der Waals surface area contributed by atoms with Gasteiger partial charge in [0.25, 0.3) is 0 Å². The molecular weight excluding hydrogens is 112 g/mol. The molecule has 2 aliphatic heterocycles. The summed E-state index contributed by atoms with van der Waals surface area (Å²) in [7, 11) is 2.22.